The van der Waals surface area contributed by atoms with Crippen molar-refractivity contribution < 1.29 is 14.6 Å². The summed E-state index contributed by atoms with van der Waals surface area (Å²) in [5.41, 5.74) is 3.89. The third-order valence-corrected chi connectivity index (χ3v) is 3.77. The van der Waals surface area contributed by atoms with Crippen molar-refractivity contribution in [2.45, 2.75) is 45.5 Å². The highest BCUT2D eigenvalue weighted by Gasteiger charge is 2.20. The maximum Gasteiger partial charge on any atom is 0.252 e. The number of hydrogen-bond donors (Lipinski definition) is 0. The third kappa shape index (κ3) is 6.78. The molecule has 0 spiro atoms. The number of aromatic nitrogens is 1. The third-order valence-electron chi connectivity index (χ3n) is 2.46. The Morgan fingerprint density at radius 2 is 2.10 bits per heavy atom. The molecule has 0 amide bonds. The number of carboxylic acid groups (broad SMARTS) is 1. The molecule has 0 saturated carbocycles. The topological polar surface area (TPSA) is 62.2 Å². The van der Waals surface area contributed by atoms with Gasteiger partial charge in [0.25, 0.3) is 6.16 Å². The first kappa shape index (κ1) is 17.7. The Bertz CT molecular complexity index is 597. The number of carbonyl (C=O) groups excluding carboxylic acids is 1. The van der Waals surface area contributed by atoms with Crippen molar-refractivity contribution in [2.24, 2.45) is 0 Å². The molecule has 1 rings (SSSR count). The van der Waals surface area contributed by atoms with E-state index in [1.165, 1.54) is 0 Å². The molecular formula is C15H19BrNO3Si-. The van der Waals surface area contributed by atoms with Crippen LogP contribution in [0.3, 0.4) is 0 Å². The van der Waals surface area contributed by atoms with E-state index in [2.05, 4.69) is 52.0 Å². The molecule has 0 saturated heterocycles. The molecule has 0 aliphatic carbocycles. The van der Waals surface area contributed by atoms with Gasteiger partial charge in [-0.3, -0.25) is 0 Å². The Labute approximate surface area is 135 Å². The molecule has 114 valence electrons. The molecule has 0 radical (unpaired) electrons. The average Bonchev–Trinajstić information content (AvgIpc) is 2.23. The highest BCUT2D eigenvalue weighted by Crippen LogP contribution is 2.21. The van der Waals surface area contributed by atoms with E-state index in [4.69, 9.17) is 4.74 Å². The summed E-state index contributed by atoms with van der Waals surface area (Å²) in [4.78, 5) is 15.0. The zero-order valence-corrected chi connectivity index (χ0v) is 15.5. The Balaban J connectivity index is 3.13. The van der Waals surface area contributed by atoms with Gasteiger partial charge >= 0.3 is 0 Å². The zero-order valence-electron chi connectivity index (χ0n) is 12.9. The number of nitrogens with zero attached hydrogens (tertiary/aromatic N) is 1. The Morgan fingerprint density at radius 3 is 2.62 bits per heavy atom. The van der Waals surface area contributed by atoms with Crippen LogP contribution in [0, 0.1) is 11.5 Å². The summed E-state index contributed by atoms with van der Waals surface area (Å²) in [7, 11) is -1.51. The highest BCUT2D eigenvalue weighted by atomic mass is 79.9. The van der Waals surface area contributed by atoms with Crippen LogP contribution in [0.1, 0.15) is 25.1 Å². The van der Waals surface area contributed by atoms with Gasteiger partial charge in [0.2, 0.25) is 0 Å². The SMILES string of the molecule is CC(C)(Cc1cc(Br)cnc1C#C[Si](C)(C)C)OC(=O)[O-]. The molecule has 0 aliphatic rings. The Morgan fingerprint density at radius 1 is 1.48 bits per heavy atom. The fourth-order valence-corrected chi connectivity index (χ4v) is 2.57. The van der Waals surface area contributed by atoms with Crippen molar-refractivity contribution in [3.05, 3.63) is 28.0 Å². The normalized spacial score (nSPS) is 11.5. The van der Waals surface area contributed by atoms with Crippen LogP contribution >= 0.6 is 15.9 Å². The van der Waals surface area contributed by atoms with Gasteiger partial charge in [0.15, 0.2) is 0 Å². The molecule has 1 heterocycles. The first-order valence-electron chi connectivity index (χ1n) is 6.56. The number of halogens is 1. The summed E-state index contributed by atoms with van der Waals surface area (Å²) in [6.45, 7) is 9.85. The number of hydrogen-bond acceptors (Lipinski definition) is 4. The van der Waals surface area contributed by atoms with E-state index < -0.39 is 19.8 Å². The lowest BCUT2D eigenvalue weighted by Gasteiger charge is -2.30. The summed E-state index contributed by atoms with van der Waals surface area (Å²) < 4.78 is 5.62. The van der Waals surface area contributed by atoms with Gasteiger partial charge in [-0.15, -0.1) is 5.54 Å². The van der Waals surface area contributed by atoms with Gasteiger partial charge < -0.3 is 14.6 Å². The minimum atomic E-state index is -1.53. The van der Waals surface area contributed by atoms with Crippen LogP contribution in [0.5, 0.6) is 0 Å². The maximum atomic E-state index is 10.6. The molecule has 0 unspecified atom stereocenters. The van der Waals surface area contributed by atoms with Gasteiger partial charge in [-0.25, -0.2) is 4.98 Å². The summed E-state index contributed by atoms with van der Waals surface area (Å²) >= 11 is 3.37. The second-order valence-electron chi connectivity index (χ2n) is 6.45. The predicted molar refractivity (Wildman–Crippen MR) is 86.4 cm³/mol. The van der Waals surface area contributed by atoms with Gasteiger partial charge in [0.1, 0.15) is 13.8 Å². The number of pyridine rings is 1. The number of carbonyl (C=O) groups is 1. The van der Waals surface area contributed by atoms with Crippen molar-refractivity contribution >= 4 is 30.2 Å². The van der Waals surface area contributed by atoms with E-state index in [1.54, 1.807) is 20.0 Å². The maximum absolute atomic E-state index is 10.6. The van der Waals surface area contributed by atoms with Crippen molar-refractivity contribution in [3.8, 4) is 11.5 Å². The first-order valence-corrected chi connectivity index (χ1v) is 10.9. The van der Waals surface area contributed by atoms with Crippen LogP contribution < -0.4 is 5.11 Å². The lowest BCUT2D eigenvalue weighted by molar-refractivity contribution is -0.293. The van der Waals surface area contributed by atoms with E-state index in [0.29, 0.717) is 12.1 Å². The first-order chi connectivity index (χ1) is 9.48. The summed E-state index contributed by atoms with van der Waals surface area (Å²) in [6.07, 6.45) is 0.533. The molecular weight excluding hydrogens is 350 g/mol. The standard InChI is InChI=1S/C15H20BrNO3Si/c1-15(2,20-14(18)19)9-11-8-12(16)10-17-13(11)6-7-21(3,4)5/h8,10H,9H2,1-5H3,(H,18,19)/p-1. The van der Waals surface area contributed by atoms with Crippen LogP contribution in [-0.4, -0.2) is 24.8 Å². The van der Waals surface area contributed by atoms with Crippen LogP contribution in [-0.2, 0) is 11.2 Å². The highest BCUT2D eigenvalue weighted by molar-refractivity contribution is 9.10. The fraction of sp³-hybridized carbons (Fsp3) is 0.467. The van der Waals surface area contributed by atoms with Crippen LogP contribution in [0.25, 0.3) is 0 Å². The van der Waals surface area contributed by atoms with Gasteiger partial charge in [-0.05, 0) is 47.8 Å². The predicted octanol–water partition coefficient (Wildman–Crippen LogP) is 2.75. The summed E-state index contributed by atoms with van der Waals surface area (Å²) in [5.74, 6) is 3.12. The lowest BCUT2D eigenvalue weighted by Crippen LogP contribution is -2.37. The van der Waals surface area contributed by atoms with E-state index in [1.807, 2.05) is 6.07 Å². The Hall–Kier alpha value is -1.32. The van der Waals surface area contributed by atoms with E-state index in [-0.39, 0.29) is 0 Å². The van der Waals surface area contributed by atoms with Gasteiger partial charge in [-0.2, -0.15) is 0 Å². The Kier molecular flexibility index (Phi) is 5.59. The molecule has 1 aromatic rings. The number of ether oxygens (including phenoxy) is 1. The number of rotatable bonds is 3. The molecule has 0 fully saturated rings. The van der Waals surface area contributed by atoms with Crippen LogP contribution in [0.15, 0.2) is 16.7 Å². The lowest BCUT2D eigenvalue weighted by atomic mass is 9.97. The minimum absolute atomic E-state index is 0.378. The molecule has 0 atom stereocenters. The van der Waals surface area contributed by atoms with Crippen molar-refractivity contribution in [1.29, 1.82) is 0 Å². The molecule has 21 heavy (non-hydrogen) atoms. The second-order valence-corrected chi connectivity index (χ2v) is 12.1. The van der Waals surface area contributed by atoms with E-state index >= 15 is 0 Å². The molecule has 1 aromatic heterocycles. The van der Waals surface area contributed by atoms with E-state index in [0.717, 1.165) is 10.0 Å². The quantitative estimate of drug-likeness (QED) is 0.467. The minimum Gasteiger partial charge on any atom is -0.543 e. The molecule has 6 heteroatoms. The molecule has 0 N–H and O–H groups in total. The van der Waals surface area contributed by atoms with Crippen LogP contribution in [0.4, 0.5) is 4.79 Å². The largest absolute Gasteiger partial charge is 0.543 e. The molecule has 0 aliphatic heterocycles. The van der Waals surface area contributed by atoms with E-state index in [9.17, 15) is 9.90 Å². The smallest absolute Gasteiger partial charge is 0.252 e. The van der Waals surface area contributed by atoms with Gasteiger partial charge in [-0.1, -0.05) is 25.6 Å². The molecule has 0 bridgehead atoms. The second kappa shape index (κ2) is 6.63. The summed E-state index contributed by atoms with van der Waals surface area (Å²) in [6, 6.07) is 1.89. The van der Waals surface area contributed by atoms with Crippen LogP contribution in [0.2, 0.25) is 19.6 Å². The van der Waals surface area contributed by atoms with Crippen molar-refractivity contribution in [1.82, 2.24) is 4.98 Å². The monoisotopic (exact) mass is 368 g/mol. The summed E-state index contributed by atoms with van der Waals surface area (Å²) in [5, 5.41) is 10.6. The molecule has 4 nitrogen and oxygen atoms in total. The van der Waals surface area contributed by atoms with Gasteiger partial charge in [0.05, 0.1) is 0 Å². The zero-order chi connectivity index (χ0) is 16.3. The average molecular weight is 369 g/mol. The van der Waals surface area contributed by atoms with Crippen molar-refractivity contribution in [2.75, 3.05) is 0 Å². The molecule has 0 aromatic carbocycles. The van der Waals surface area contributed by atoms with Gasteiger partial charge in [0, 0.05) is 16.3 Å². The fourth-order valence-electron chi connectivity index (χ4n) is 1.70. The van der Waals surface area contributed by atoms with Crippen molar-refractivity contribution in [3.63, 3.8) is 0 Å².